The third-order valence-corrected chi connectivity index (χ3v) is 15.1. The van der Waals surface area contributed by atoms with Crippen molar-refractivity contribution in [3.63, 3.8) is 0 Å². The number of carbonyl (C=O) groups is 2. The summed E-state index contributed by atoms with van der Waals surface area (Å²) < 4.78 is 53.0. The van der Waals surface area contributed by atoms with E-state index in [-0.39, 0.29) is 86.0 Å². The number of aliphatic hydroxyl groups excluding tert-OH is 2. The zero-order valence-corrected chi connectivity index (χ0v) is 41.9. The molecule has 18 atom stereocenters. The number of epoxide rings is 1. The Morgan fingerprint density at radius 3 is 1.48 bits per heavy atom. The lowest BCUT2D eigenvalue weighted by atomic mass is 9.80. The zero-order valence-electron chi connectivity index (χ0n) is 41.9. The number of hydrogen-bond donors (Lipinski definition) is 4. The van der Waals surface area contributed by atoms with Crippen molar-refractivity contribution in [3.8, 4) is 0 Å². The van der Waals surface area contributed by atoms with Gasteiger partial charge in [0, 0.05) is 65.0 Å². The number of aliphatic hydroxyl groups is 4. The molecule has 0 saturated carbocycles. The lowest BCUT2D eigenvalue weighted by Crippen LogP contribution is -2.54. The van der Waals surface area contributed by atoms with Crippen LogP contribution in [-0.4, -0.2) is 133 Å². The van der Waals surface area contributed by atoms with E-state index in [2.05, 4.69) is 0 Å². The Balaban J connectivity index is 0.000000227. The van der Waals surface area contributed by atoms with Gasteiger partial charge in [0.2, 0.25) is 0 Å². The molecule has 4 saturated heterocycles. The number of esters is 2. The third kappa shape index (κ3) is 14.7. The summed E-state index contributed by atoms with van der Waals surface area (Å²) >= 11 is 0. The number of fused-ring (bicyclic) bond motifs is 5. The number of cyclic esters (lactones) is 2. The molecule has 0 spiro atoms. The molecule has 2 aromatic rings. The molecule has 4 fully saturated rings. The second-order valence-corrected chi connectivity index (χ2v) is 20.1. The number of rotatable bonds is 6. The minimum Gasteiger partial charge on any atom is -0.457 e. The van der Waals surface area contributed by atoms with Crippen molar-refractivity contribution in [2.75, 3.05) is 28.4 Å². The highest BCUT2D eigenvalue weighted by molar-refractivity contribution is 5.71. The van der Waals surface area contributed by atoms with Gasteiger partial charge in [0.25, 0.3) is 0 Å². The van der Waals surface area contributed by atoms with Crippen molar-refractivity contribution in [2.24, 2.45) is 23.7 Å². The Kier molecular flexibility index (Phi) is 20.2. The Morgan fingerprint density at radius 2 is 1.00 bits per heavy atom. The van der Waals surface area contributed by atoms with Crippen molar-refractivity contribution in [1.29, 1.82) is 0 Å². The number of hydrogen-bond acceptors (Lipinski definition) is 15. The summed E-state index contributed by atoms with van der Waals surface area (Å²) in [6.45, 7) is 7.76. The normalized spacial score (nSPS) is 41.2. The van der Waals surface area contributed by atoms with Gasteiger partial charge < -0.3 is 63.1 Å². The maximum atomic E-state index is 13.0. The molecule has 15 heteroatoms. The van der Waals surface area contributed by atoms with Crippen LogP contribution in [0.2, 0.25) is 0 Å². The summed E-state index contributed by atoms with van der Waals surface area (Å²) in [4.78, 5) is 25.9. The summed E-state index contributed by atoms with van der Waals surface area (Å²) in [6, 6.07) is 19.3. The van der Waals surface area contributed by atoms with Crippen molar-refractivity contribution in [2.45, 2.75) is 190 Å². The first-order valence-electron chi connectivity index (χ1n) is 25.1. The topological polar surface area (TPSA) is 201 Å². The summed E-state index contributed by atoms with van der Waals surface area (Å²) in [6.07, 6.45) is 5.03. The van der Waals surface area contributed by atoms with E-state index in [0.717, 1.165) is 49.7 Å². The molecular formula is C54H80O15. The van der Waals surface area contributed by atoms with E-state index < -0.39 is 60.1 Å². The molecule has 4 N–H and O–H groups in total. The van der Waals surface area contributed by atoms with Crippen LogP contribution >= 0.6 is 0 Å². The monoisotopic (exact) mass is 969 g/mol. The van der Waals surface area contributed by atoms with Crippen molar-refractivity contribution in [3.05, 3.63) is 83.9 Å². The van der Waals surface area contributed by atoms with Crippen LogP contribution in [0.25, 0.3) is 0 Å². The Hall–Kier alpha value is -3.32. The van der Waals surface area contributed by atoms with Crippen LogP contribution < -0.4 is 0 Å². The highest BCUT2D eigenvalue weighted by Gasteiger charge is 2.57. The van der Waals surface area contributed by atoms with E-state index in [0.29, 0.717) is 12.8 Å². The molecule has 69 heavy (non-hydrogen) atoms. The maximum absolute atomic E-state index is 13.0. The Morgan fingerprint density at radius 1 is 0.536 bits per heavy atom. The van der Waals surface area contributed by atoms with Gasteiger partial charge in [-0.1, -0.05) is 113 Å². The Bertz CT molecular complexity index is 1900. The van der Waals surface area contributed by atoms with Gasteiger partial charge in [-0.05, 0) is 49.7 Å². The van der Waals surface area contributed by atoms with Crippen LogP contribution in [0.4, 0.5) is 0 Å². The van der Waals surface area contributed by atoms with E-state index >= 15 is 0 Å². The highest BCUT2D eigenvalue weighted by atomic mass is 16.7. The van der Waals surface area contributed by atoms with Crippen molar-refractivity contribution in [1.82, 2.24) is 0 Å². The fraction of sp³-hybridized carbons (Fsp3) is 0.704. The average Bonchev–Trinajstić information content (AvgIpc) is 4.12. The van der Waals surface area contributed by atoms with Crippen LogP contribution in [-0.2, 0) is 52.2 Å². The maximum Gasteiger partial charge on any atom is 0.311 e. The van der Waals surface area contributed by atoms with Crippen molar-refractivity contribution < 1.29 is 72.6 Å². The molecule has 0 aliphatic carbocycles. The standard InChI is InChI=1S/C27H40O8.C27H40O7/c1-16-19(28)14-27(30)15-22(29)33-20(18-10-6-5-7-11-18)12-8-9-13-21(31-3)25(32-4)26-24(34-26)17(2)23(16)35-27;1-18-14-15-24(32-4)23(31-3)13-9-8-12-22(20-10-6-5-7-11-20)33-25(29)17-27(30)16-21(28)19(2)26(18)34-27/h5-7,10-11,16-17,19-21,23-26,28,30H,8-9,12-15H2,1-4H3;5-7,10-11,14-15,18-19,21-24,26,28,30H,8-9,12-13,16-17H2,1-4H3/b;15-14+. The summed E-state index contributed by atoms with van der Waals surface area (Å²) in [5.41, 5.74) is 1.82. The van der Waals surface area contributed by atoms with Gasteiger partial charge in [-0.2, -0.15) is 0 Å². The molecule has 2 aromatic carbocycles. The van der Waals surface area contributed by atoms with E-state index in [9.17, 15) is 30.0 Å². The average molecular weight is 969 g/mol. The SMILES string of the molecule is COC1/C=C/C(C)C2OC(O)(CC(=O)OC(c3ccccc3)CCCCC1OC)CC(O)C2C.COC1CCCCC(c2ccccc2)OC(=O)CC2(O)CC(O)C(C)C(O2)C(C)C2OC2C1OC. The number of ether oxygens (including phenoxy) is 9. The predicted molar refractivity (Wildman–Crippen MR) is 255 cm³/mol. The number of methoxy groups -OCH3 is 4. The van der Waals surface area contributed by atoms with Gasteiger partial charge in [0.1, 0.15) is 30.5 Å². The van der Waals surface area contributed by atoms with Gasteiger partial charge in [-0.25, -0.2) is 0 Å². The fourth-order valence-electron chi connectivity index (χ4n) is 10.9. The first kappa shape index (κ1) is 55.0. The van der Waals surface area contributed by atoms with E-state index in [1.54, 1.807) is 28.4 Å². The van der Waals surface area contributed by atoms with E-state index in [4.69, 9.17) is 42.6 Å². The number of benzene rings is 2. The van der Waals surface area contributed by atoms with Gasteiger partial charge >= 0.3 is 11.9 Å². The minimum absolute atomic E-state index is 0.0430. The first-order valence-corrected chi connectivity index (χ1v) is 25.1. The van der Waals surface area contributed by atoms with Crippen LogP contribution in [0.3, 0.4) is 0 Å². The van der Waals surface area contributed by atoms with Crippen LogP contribution in [0.15, 0.2) is 72.8 Å². The predicted octanol–water partition coefficient (Wildman–Crippen LogP) is 7.07. The molecule has 15 nitrogen and oxygen atoms in total. The molecule has 5 aliphatic rings. The zero-order chi connectivity index (χ0) is 49.9. The molecule has 386 valence electrons. The second kappa shape index (κ2) is 25.4. The van der Waals surface area contributed by atoms with Crippen LogP contribution in [0.5, 0.6) is 0 Å². The van der Waals surface area contributed by atoms with Gasteiger partial charge in [-0.3, -0.25) is 9.59 Å². The van der Waals surface area contributed by atoms with Gasteiger partial charge in [0.15, 0.2) is 11.6 Å². The third-order valence-electron chi connectivity index (χ3n) is 15.1. The molecule has 18 unspecified atom stereocenters. The van der Waals surface area contributed by atoms with E-state index in [1.165, 1.54) is 0 Å². The van der Waals surface area contributed by atoms with E-state index in [1.807, 2.05) is 101 Å². The molecule has 7 rings (SSSR count). The quantitative estimate of drug-likeness (QED) is 0.130. The Labute approximate surface area is 409 Å². The minimum atomic E-state index is -1.81. The molecule has 0 aromatic heterocycles. The highest BCUT2D eigenvalue weighted by Crippen LogP contribution is 2.45. The summed E-state index contributed by atoms with van der Waals surface area (Å²) in [5, 5.41) is 43.9. The van der Waals surface area contributed by atoms with Crippen LogP contribution in [0, 0.1) is 23.7 Å². The second-order valence-electron chi connectivity index (χ2n) is 20.1. The largest absolute Gasteiger partial charge is 0.457 e. The lowest BCUT2D eigenvalue weighted by molar-refractivity contribution is -0.299. The molecule has 5 aliphatic heterocycles. The summed E-state index contributed by atoms with van der Waals surface area (Å²) in [7, 11) is 6.71. The number of carbonyl (C=O) groups excluding carboxylic acids is 2. The smallest absolute Gasteiger partial charge is 0.311 e. The molecule has 0 amide bonds. The lowest BCUT2D eigenvalue weighted by Gasteiger charge is -2.45. The summed E-state index contributed by atoms with van der Waals surface area (Å²) in [5.74, 6) is -5.39. The van der Waals surface area contributed by atoms with Crippen molar-refractivity contribution >= 4 is 11.9 Å². The fourth-order valence-corrected chi connectivity index (χ4v) is 10.9. The molecule has 5 heterocycles. The first-order chi connectivity index (χ1) is 33.0. The molecular weight excluding hydrogens is 889 g/mol. The van der Waals surface area contributed by atoms with Crippen LogP contribution in [0.1, 0.15) is 128 Å². The molecule has 0 radical (unpaired) electrons. The van der Waals surface area contributed by atoms with Gasteiger partial charge in [-0.15, -0.1) is 0 Å². The molecule has 4 bridgehead atoms. The van der Waals surface area contributed by atoms with Gasteiger partial charge in [0.05, 0.1) is 55.6 Å².